The molecule has 20 heavy (non-hydrogen) atoms. The third-order valence-corrected chi connectivity index (χ3v) is 4.33. The number of aliphatic hydroxyl groups excluding tert-OH is 1. The fourth-order valence-electron chi connectivity index (χ4n) is 2.89. The Balaban J connectivity index is 1.66. The third-order valence-electron chi connectivity index (χ3n) is 4.33. The van der Waals surface area contributed by atoms with E-state index in [4.69, 9.17) is 0 Å². The second kappa shape index (κ2) is 8.40. The zero-order valence-electron chi connectivity index (χ0n) is 12.6. The van der Waals surface area contributed by atoms with Crippen molar-refractivity contribution in [2.24, 2.45) is 0 Å². The number of aliphatic hydroxyl groups is 1. The number of nitrogens with zero attached hydrogens (tertiary/aromatic N) is 1. The molecule has 1 saturated heterocycles. The summed E-state index contributed by atoms with van der Waals surface area (Å²) >= 11 is 0. The van der Waals surface area contributed by atoms with Crippen LogP contribution >= 0.6 is 0 Å². The normalized spacial score (nSPS) is 19.1. The van der Waals surface area contributed by atoms with Crippen molar-refractivity contribution in [2.45, 2.75) is 44.7 Å². The predicted octanol–water partition coefficient (Wildman–Crippen LogP) is 2.05. The summed E-state index contributed by atoms with van der Waals surface area (Å²) in [5.41, 5.74) is 1.43. The molecule has 3 heteroatoms. The van der Waals surface area contributed by atoms with Gasteiger partial charge in [0.25, 0.3) is 0 Å². The maximum absolute atomic E-state index is 9.25. The van der Waals surface area contributed by atoms with Crippen molar-refractivity contribution in [3.63, 3.8) is 0 Å². The molecule has 112 valence electrons. The topological polar surface area (TPSA) is 35.5 Å². The SMILES string of the molecule is CC[C@H](CO)NC1CCN(CCc2ccccc2)CC1. The summed E-state index contributed by atoms with van der Waals surface area (Å²) in [7, 11) is 0. The van der Waals surface area contributed by atoms with Crippen LogP contribution in [0.5, 0.6) is 0 Å². The molecule has 0 bridgehead atoms. The van der Waals surface area contributed by atoms with Crippen LogP contribution < -0.4 is 5.32 Å². The molecule has 1 fully saturated rings. The lowest BCUT2D eigenvalue weighted by molar-refractivity contribution is 0.171. The number of benzene rings is 1. The quantitative estimate of drug-likeness (QED) is 0.800. The Morgan fingerprint density at radius 1 is 1.25 bits per heavy atom. The Hall–Kier alpha value is -0.900. The molecule has 0 radical (unpaired) electrons. The van der Waals surface area contributed by atoms with E-state index < -0.39 is 0 Å². The molecule has 0 unspecified atom stereocenters. The smallest absolute Gasteiger partial charge is 0.0584 e. The number of rotatable bonds is 7. The van der Waals surface area contributed by atoms with Gasteiger partial charge in [0.1, 0.15) is 0 Å². The standard InChI is InChI=1S/C17H28N2O/c1-2-16(14-20)18-17-9-12-19(13-10-17)11-8-15-6-4-3-5-7-15/h3-7,16-18,20H,2,8-14H2,1H3/t16-/m1/s1. The van der Waals surface area contributed by atoms with E-state index in [0.717, 1.165) is 19.4 Å². The molecule has 1 aromatic rings. The molecule has 1 aliphatic heterocycles. The molecule has 0 aromatic heterocycles. The van der Waals surface area contributed by atoms with Crippen molar-refractivity contribution >= 4 is 0 Å². The van der Waals surface area contributed by atoms with Gasteiger partial charge < -0.3 is 15.3 Å². The summed E-state index contributed by atoms with van der Waals surface area (Å²) in [6.45, 7) is 5.89. The maximum Gasteiger partial charge on any atom is 0.0584 e. The van der Waals surface area contributed by atoms with Gasteiger partial charge in [0.2, 0.25) is 0 Å². The minimum atomic E-state index is 0.255. The number of nitrogens with one attached hydrogen (secondary N) is 1. The van der Waals surface area contributed by atoms with E-state index in [2.05, 4.69) is 47.5 Å². The number of hydrogen-bond acceptors (Lipinski definition) is 3. The fourth-order valence-corrected chi connectivity index (χ4v) is 2.89. The Kier molecular flexibility index (Phi) is 6.51. The molecule has 1 aromatic carbocycles. The van der Waals surface area contributed by atoms with Crippen LogP contribution in [0.3, 0.4) is 0 Å². The van der Waals surface area contributed by atoms with E-state index in [9.17, 15) is 5.11 Å². The molecule has 2 N–H and O–H groups in total. The Morgan fingerprint density at radius 2 is 1.95 bits per heavy atom. The molecule has 3 nitrogen and oxygen atoms in total. The van der Waals surface area contributed by atoms with Gasteiger partial charge in [0, 0.05) is 18.6 Å². The molecule has 0 spiro atoms. The van der Waals surface area contributed by atoms with E-state index in [1.54, 1.807) is 0 Å². The van der Waals surface area contributed by atoms with Crippen molar-refractivity contribution in [3.05, 3.63) is 35.9 Å². The van der Waals surface area contributed by atoms with Crippen molar-refractivity contribution in [1.82, 2.24) is 10.2 Å². The number of likely N-dealkylation sites (tertiary alicyclic amines) is 1. The summed E-state index contributed by atoms with van der Waals surface area (Å²) in [6, 6.07) is 11.6. The summed E-state index contributed by atoms with van der Waals surface area (Å²) in [5, 5.41) is 12.8. The van der Waals surface area contributed by atoms with Gasteiger partial charge in [-0.2, -0.15) is 0 Å². The number of piperidine rings is 1. The molecular formula is C17H28N2O. The molecule has 0 saturated carbocycles. The van der Waals surface area contributed by atoms with Crippen molar-refractivity contribution in [2.75, 3.05) is 26.2 Å². The maximum atomic E-state index is 9.25. The van der Waals surface area contributed by atoms with Gasteiger partial charge >= 0.3 is 0 Å². The lowest BCUT2D eigenvalue weighted by Gasteiger charge is -2.34. The Labute approximate surface area is 123 Å². The molecule has 1 aliphatic rings. The van der Waals surface area contributed by atoms with E-state index in [1.807, 2.05) is 0 Å². The lowest BCUT2D eigenvalue weighted by atomic mass is 10.0. The molecule has 0 amide bonds. The average Bonchev–Trinajstić information content (AvgIpc) is 2.53. The molecule has 0 aliphatic carbocycles. The first-order chi connectivity index (χ1) is 9.81. The first-order valence-corrected chi connectivity index (χ1v) is 7.95. The van der Waals surface area contributed by atoms with E-state index in [-0.39, 0.29) is 12.6 Å². The Morgan fingerprint density at radius 3 is 2.55 bits per heavy atom. The summed E-state index contributed by atoms with van der Waals surface area (Å²) < 4.78 is 0. The van der Waals surface area contributed by atoms with Gasteiger partial charge in [0.15, 0.2) is 0 Å². The van der Waals surface area contributed by atoms with Crippen LogP contribution in [0.4, 0.5) is 0 Å². The van der Waals surface area contributed by atoms with Gasteiger partial charge in [0.05, 0.1) is 6.61 Å². The van der Waals surface area contributed by atoms with Gasteiger partial charge in [-0.1, -0.05) is 37.3 Å². The molecule has 2 rings (SSSR count). The van der Waals surface area contributed by atoms with Crippen molar-refractivity contribution < 1.29 is 5.11 Å². The van der Waals surface area contributed by atoms with Crippen LogP contribution in [-0.4, -0.2) is 48.3 Å². The van der Waals surface area contributed by atoms with Gasteiger partial charge in [-0.3, -0.25) is 0 Å². The first-order valence-electron chi connectivity index (χ1n) is 7.95. The minimum absolute atomic E-state index is 0.255. The Bertz CT molecular complexity index is 357. The zero-order chi connectivity index (χ0) is 14.2. The zero-order valence-corrected chi connectivity index (χ0v) is 12.6. The minimum Gasteiger partial charge on any atom is -0.395 e. The summed E-state index contributed by atoms with van der Waals surface area (Å²) in [5.74, 6) is 0. The monoisotopic (exact) mass is 276 g/mol. The van der Waals surface area contributed by atoms with Crippen molar-refractivity contribution in [3.8, 4) is 0 Å². The highest BCUT2D eigenvalue weighted by Crippen LogP contribution is 2.12. The highest BCUT2D eigenvalue weighted by atomic mass is 16.3. The highest BCUT2D eigenvalue weighted by Gasteiger charge is 2.20. The molecule has 1 atom stereocenters. The first kappa shape index (κ1) is 15.5. The predicted molar refractivity (Wildman–Crippen MR) is 83.9 cm³/mol. The van der Waals surface area contributed by atoms with E-state index in [1.165, 1.54) is 31.5 Å². The summed E-state index contributed by atoms with van der Waals surface area (Å²) in [4.78, 5) is 2.56. The largest absolute Gasteiger partial charge is 0.395 e. The van der Waals surface area contributed by atoms with E-state index in [0.29, 0.717) is 6.04 Å². The molecule has 1 heterocycles. The van der Waals surface area contributed by atoms with Crippen LogP contribution in [0.2, 0.25) is 0 Å². The van der Waals surface area contributed by atoms with Crippen LogP contribution in [-0.2, 0) is 6.42 Å². The second-order valence-electron chi connectivity index (χ2n) is 5.81. The second-order valence-corrected chi connectivity index (χ2v) is 5.81. The van der Waals surface area contributed by atoms with Crippen molar-refractivity contribution in [1.29, 1.82) is 0 Å². The third kappa shape index (κ3) is 4.89. The van der Waals surface area contributed by atoms with Crippen LogP contribution in [0.1, 0.15) is 31.7 Å². The summed E-state index contributed by atoms with van der Waals surface area (Å²) in [6.07, 6.45) is 4.55. The average molecular weight is 276 g/mol. The lowest BCUT2D eigenvalue weighted by Crippen LogP contribution is -2.47. The van der Waals surface area contributed by atoms with Gasteiger partial charge in [-0.25, -0.2) is 0 Å². The van der Waals surface area contributed by atoms with Crippen LogP contribution in [0, 0.1) is 0 Å². The van der Waals surface area contributed by atoms with Gasteiger partial charge in [-0.15, -0.1) is 0 Å². The number of hydrogen-bond donors (Lipinski definition) is 2. The van der Waals surface area contributed by atoms with E-state index >= 15 is 0 Å². The van der Waals surface area contributed by atoms with Gasteiger partial charge in [-0.05, 0) is 44.3 Å². The highest BCUT2D eigenvalue weighted by molar-refractivity contribution is 5.14. The van der Waals surface area contributed by atoms with Crippen LogP contribution in [0.15, 0.2) is 30.3 Å². The fraction of sp³-hybridized carbons (Fsp3) is 0.647. The van der Waals surface area contributed by atoms with Crippen LogP contribution in [0.25, 0.3) is 0 Å². The molecular weight excluding hydrogens is 248 g/mol.